The van der Waals surface area contributed by atoms with Crippen molar-refractivity contribution in [3.05, 3.63) is 77.8 Å². The predicted octanol–water partition coefficient (Wildman–Crippen LogP) is 5.63. The number of halogens is 1. The van der Waals surface area contributed by atoms with E-state index < -0.39 is 0 Å². The lowest BCUT2D eigenvalue weighted by Gasteiger charge is -2.09. The maximum absolute atomic E-state index is 9.68. The molecule has 0 aliphatic carbocycles. The largest absolute Gasteiger partial charge is 0.504 e. The smallest absolute Gasteiger partial charge is 0.169 e. The molecule has 3 aromatic carbocycles. The van der Waals surface area contributed by atoms with E-state index in [9.17, 15) is 5.11 Å². The van der Waals surface area contributed by atoms with E-state index in [1.807, 2.05) is 0 Å². The van der Waals surface area contributed by atoms with E-state index in [1.165, 1.54) is 0 Å². The van der Waals surface area contributed by atoms with Gasteiger partial charge in [0, 0.05) is 5.02 Å². The van der Waals surface area contributed by atoms with Crippen molar-refractivity contribution in [1.29, 1.82) is 0 Å². The van der Waals surface area contributed by atoms with Crippen LogP contribution in [0.2, 0.25) is 5.02 Å². The van der Waals surface area contributed by atoms with Crippen molar-refractivity contribution in [2.24, 2.45) is 0 Å². The van der Waals surface area contributed by atoms with Gasteiger partial charge < -0.3 is 14.6 Å². The second-order valence-corrected chi connectivity index (χ2v) is 5.03. The molecule has 0 fully saturated rings. The van der Waals surface area contributed by atoms with Crippen LogP contribution in [0.15, 0.2) is 72.8 Å². The summed E-state index contributed by atoms with van der Waals surface area (Å²) in [6, 6.07) is 21.1. The van der Waals surface area contributed by atoms with Gasteiger partial charge >= 0.3 is 0 Å². The molecule has 0 spiro atoms. The van der Waals surface area contributed by atoms with Crippen molar-refractivity contribution >= 4 is 11.6 Å². The molecule has 0 bridgehead atoms. The molecule has 0 heterocycles. The zero-order valence-electron chi connectivity index (χ0n) is 11.6. The molecule has 110 valence electrons. The number of phenols is 1. The molecular formula is C18H13ClO3. The zero-order chi connectivity index (χ0) is 15.4. The van der Waals surface area contributed by atoms with Gasteiger partial charge in [0.1, 0.15) is 17.2 Å². The van der Waals surface area contributed by atoms with Gasteiger partial charge in [-0.2, -0.15) is 0 Å². The number of hydrogen-bond acceptors (Lipinski definition) is 3. The van der Waals surface area contributed by atoms with Crippen LogP contribution in [0.3, 0.4) is 0 Å². The Bertz CT molecular complexity index is 752. The van der Waals surface area contributed by atoms with Crippen molar-refractivity contribution in [3.63, 3.8) is 0 Å². The molecule has 0 saturated carbocycles. The van der Waals surface area contributed by atoms with E-state index in [2.05, 4.69) is 0 Å². The molecule has 3 rings (SSSR count). The Morgan fingerprint density at radius 1 is 0.636 bits per heavy atom. The van der Waals surface area contributed by atoms with Crippen molar-refractivity contribution in [1.82, 2.24) is 0 Å². The van der Waals surface area contributed by atoms with Crippen LogP contribution >= 0.6 is 11.6 Å². The Balaban J connectivity index is 1.70. The van der Waals surface area contributed by atoms with Crippen LogP contribution in [-0.2, 0) is 0 Å². The summed E-state index contributed by atoms with van der Waals surface area (Å²) in [7, 11) is 0. The predicted molar refractivity (Wildman–Crippen MR) is 86.1 cm³/mol. The van der Waals surface area contributed by atoms with E-state index in [-0.39, 0.29) is 5.75 Å². The minimum Gasteiger partial charge on any atom is -0.504 e. The average molecular weight is 313 g/mol. The van der Waals surface area contributed by atoms with Crippen molar-refractivity contribution < 1.29 is 14.6 Å². The number of phenolic OH excluding ortho intramolecular Hbond substituents is 1. The summed E-state index contributed by atoms with van der Waals surface area (Å²) in [4.78, 5) is 0. The molecule has 0 radical (unpaired) electrons. The second kappa shape index (κ2) is 6.41. The Kier molecular flexibility index (Phi) is 4.17. The fourth-order valence-corrected chi connectivity index (χ4v) is 2.01. The molecular weight excluding hydrogens is 300 g/mol. The third-order valence-electron chi connectivity index (χ3n) is 2.97. The monoisotopic (exact) mass is 312 g/mol. The van der Waals surface area contributed by atoms with Gasteiger partial charge in [-0.05, 0) is 60.7 Å². The van der Waals surface area contributed by atoms with Crippen molar-refractivity contribution in [2.75, 3.05) is 0 Å². The first kappa shape index (κ1) is 14.3. The SMILES string of the molecule is Oc1ccccc1Oc1ccc(Oc2ccc(Cl)cc2)cc1. The second-order valence-electron chi connectivity index (χ2n) is 4.60. The first-order chi connectivity index (χ1) is 10.7. The van der Waals surface area contributed by atoms with Crippen molar-refractivity contribution in [3.8, 4) is 28.7 Å². The van der Waals surface area contributed by atoms with Crippen LogP contribution in [0.4, 0.5) is 0 Å². The number of ether oxygens (including phenoxy) is 2. The standard InChI is InChI=1S/C18H13ClO3/c19-13-5-7-14(8-6-13)21-15-9-11-16(12-10-15)22-18-4-2-1-3-17(18)20/h1-12,20H. The highest BCUT2D eigenvalue weighted by molar-refractivity contribution is 6.30. The summed E-state index contributed by atoms with van der Waals surface area (Å²) in [5.74, 6) is 2.52. The van der Waals surface area contributed by atoms with E-state index >= 15 is 0 Å². The number of para-hydroxylation sites is 2. The highest BCUT2D eigenvalue weighted by Crippen LogP contribution is 2.31. The molecule has 0 atom stereocenters. The lowest BCUT2D eigenvalue weighted by Crippen LogP contribution is -1.86. The van der Waals surface area contributed by atoms with E-state index in [0.717, 1.165) is 0 Å². The highest BCUT2D eigenvalue weighted by atomic mass is 35.5. The molecule has 0 amide bonds. The molecule has 1 N–H and O–H groups in total. The van der Waals surface area contributed by atoms with Gasteiger partial charge in [-0.25, -0.2) is 0 Å². The van der Waals surface area contributed by atoms with E-state index in [0.29, 0.717) is 28.0 Å². The van der Waals surface area contributed by atoms with Crippen LogP contribution in [-0.4, -0.2) is 5.11 Å². The van der Waals surface area contributed by atoms with Gasteiger partial charge in [0.25, 0.3) is 0 Å². The van der Waals surface area contributed by atoms with Crippen LogP contribution in [0.25, 0.3) is 0 Å². The normalized spacial score (nSPS) is 10.2. The minimum atomic E-state index is 0.101. The third kappa shape index (κ3) is 3.51. The molecule has 0 aliphatic heterocycles. The number of hydrogen-bond donors (Lipinski definition) is 1. The van der Waals surface area contributed by atoms with Gasteiger partial charge in [-0.3, -0.25) is 0 Å². The maximum Gasteiger partial charge on any atom is 0.169 e. The summed E-state index contributed by atoms with van der Waals surface area (Å²) < 4.78 is 11.3. The van der Waals surface area contributed by atoms with Crippen LogP contribution in [0.5, 0.6) is 28.7 Å². The van der Waals surface area contributed by atoms with Gasteiger partial charge in [0.15, 0.2) is 11.5 Å². The van der Waals surface area contributed by atoms with Gasteiger partial charge in [0.05, 0.1) is 0 Å². The van der Waals surface area contributed by atoms with Gasteiger partial charge in [0.2, 0.25) is 0 Å². The fraction of sp³-hybridized carbons (Fsp3) is 0. The fourth-order valence-electron chi connectivity index (χ4n) is 1.88. The Morgan fingerprint density at radius 2 is 1.14 bits per heavy atom. The summed E-state index contributed by atoms with van der Waals surface area (Å²) in [6.07, 6.45) is 0. The summed E-state index contributed by atoms with van der Waals surface area (Å²) in [5.41, 5.74) is 0. The Hall–Kier alpha value is -2.65. The highest BCUT2D eigenvalue weighted by Gasteiger charge is 2.03. The number of aromatic hydroxyl groups is 1. The molecule has 4 heteroatoms. The van der Waals surface area contributed by atoms with E-state index in [1.54, 1.807) is 72.8 Å². The summed E-state index contributed by atoms with van der Waals surface area (Å²) in [6.45, 7) is 0. The lowest BCUT2D eigenvalue weighted by atomic mass is 10.3. The number of benzene rings is 3. The molecule has 0 aromatic heterocycles. The van der Waals surface area contributed by atoms with Crippen LogP contribution in [0.1, 0.15) is 0 Å². The lowest BCUT2D eigenvalue weighted by molar-refractivity contribution is 0.410. The molecule has 0 unspecified atom stereocenters. The molecule has 0 saturated heterocycles. The molecule has 0 aliphatic rings. The first-order valence-electron chi connectivity index (χ1n) is 6.70. The van der Waals surface area contributed by atoms with Crippen LogP contribution in [0, 0.1) is 0 Å². The summed E-state index contributed by atoms with van der Waals surface area (Å²) >= 11 is 5.83. The zero-order valence-corrected chi connectivity index (χ0v) is 12.3. The average Bonchev–Trinajstić information content (AvgIpc) is 2.54. The summed E-state index contributed by atoms with van der Waals surface area (Å²) in [5, 5.41) is 10.3. The van der Waals surface area contributed by atoms with E-state index in [4.69, 9.17) is 21.1 Å². The topological polar surface area (TPSA) is 38.7 Å². The minimum absolute atomic E-state index is 0.101. The Labute approximate surface area is 133 Å². The first-order valence-corrected chi connectivity index (χ1v) is 7.08. The van der Waals surface area contributed by atoms with Crippen molar-refractivity contribution in [2.45, 2.75) is 0 Å². The quantitative estimate of drug-likeness (QED) is 0.678. The van der Waals surface area contributed by atoms with Gasteiger partial charge in [-0.1, -0.05) is 23.7 Å². The molecule has 3 aromatic rings. The Morgan fingerprint density at radius 3 is 1.73 bits per heavy atom. The van der Waals surface area contributed by atoms with Gasteiger partial charge in [-0.15, -0.1) is 0 Å². The molecule has 3 nitrogen and oxygen atoms in total. The molecule has 22 heavy (non-hydrogen) atoms. The number of rotatable bonds is 4. The maximum atomic E-state index is 9.68. The van der Waals surface area contributed by atoms with Crippen LogP contribution < -0.4 is 9.47 Å². The third-order valence-corrected chi connectivity index (χ3v) is 3.22.